The van der Waals surface area contributed by atoms with Crippen LogP contribution in [0, 0.1) is 6.92 Å². The van der Waals surface area contributed by atoms with Gasteiger partial charge in [0.05, 0.1) is 12.2 Å². The highest BCUT2D eigenvalue weighted by molar-refractivity contribution is 5.74. The topological polar surface area (TPSA) is 61.6 Å². The lowest BCUT2D eigenvalue weighted by molar-refractivity contribution is 0.101. The first-order valence-electron chi connectivity index (χ1n) is 8.85. The molecule has 2 fully saturated rings. The summed E-state index contributed by atoms with van der Waals surface area (Å²) in [4.78, 5) is 21.0. The molecule has 0 aromatic carbocycles. The standard InChI is InChI=1S/C17H28N4O2/c1-13-12-18-16(23-13)14(2)20-8-10-21(11-9-20)17(22)19-15-6-4-3-5-7-15/h12,14-15H,3-11H2,1-2H3,(H,19,22). The Bertz CT molecular complexity index is 516. The summed E-state index contributed by atoms with van der Waals surface area (Å²) < 4.78 is 5.63. The van der Waals surface area contributed by atoms with E-state index in [-0.39, 0.29) is 12.1 Å². The Labute approximate surface area is 138 Å². The van der Waals surface area contributed by atoms with Gasteiger partial charge in [0.25, 0.3) is 0 Å². The summed E-state index contributed by atoms with van der Waals surface area (Å²) >= 11 is 0. The number of piperazine rings is 1. The third-order valence-corrected chi connectivity index (χ3v) is 5.08. The van der Waals surface area contributed by atoms with Gasteiger partial charge in [0, 0.05) is 32.2 Å². The van der Waals surface area contributed by atoms with E-state index in [1.54, 1.807) is 6.20 Å². The second kappa shape index (κ2) is 7.34. The van der Waals surface area contributed by atoms with Crippen LogP contribution in [-0.2, 0) is 0 Å². The SMILES string of the molecule is Cc1cnc(C(C)N2CCN(C(=O)NC3CCCCC3)CC2)o1. The van der Waals surface area contributed by atoms with E-state index in [4.69, 9.17) is 4.42 Å². The summed E-state index contributed by atoms with van der Waals surface area (Å²) in [5.74, 6) is 1.61. The van der Waals surface area contributed by atoms with Crippen molar-refractivity contribution in [3.05, 3.63) is 17.8 Å². The van der Waals surface area contributed by atoms with Gasteiger partial charge in [0.2, 0.25) is 5.89 Å². The van der Waals surface area contributed by atoms with Crippen molar-refractivity contribution in [1.29, 1.82) is 0 Å². The average molecular weight is 320 g/mol. The molecule has 3 rings (SSSR count). The number of carbonyl (C=O) groups is 1. The average Bonchev–Trinajstić information content (AvgIpc) is 3.02. The zero-order chi connectivity index (χ0) is 16.2. The van der Waals surface area contributed by atoms with Crippen LogP contribution < -0.4 is 5.32 Å². The molecule has 128 valence electrons. The molecule has 6 nitrogen and oxygen atoms in total. The summed E-state index contributed by atoms with van der Waals surface area (Å²) in [5, 5.41) is 3.21. The van der Waals surface area contributed by atoms with Gasteiger partial charge in [-0.05, 0) is 26.7 Å². The van der Waals surface area contributed by atoms with Gasteiger partial charge in [-0.25, -0.2) is 9.78 Å². The number of oxazole rings is 1. The maximum absolute atomic E-state index is 12.4. The third-order valence-electron chi connectivity index (χ3n) is 5.08. The molecular weight excluding hydrogens is 292 g/mol. The van der Waals surface area contributed by atoms with E-state index >= 15 is 0 Å². The number of hydrogen-bond acceptors (Lipinski definition) is 4. The van der Waals surface area contributed by atoms with E-state index in [0.717, 1.165) is 50.7 Å². The third kappa shape index (κ3) is 4.05. The molecule has 1 aliphatic heterocycles. The highest BCUT2D eigenvalue weighted by Gasteiger charge is 2.27. The number of hydrogen-bond donors (Lipinski definition) is 1. The Balaban J connectivity index is 1.46. The van der Waals surface area contributed by atoms with Gasteiger partial charge < -0.3 is 14.6 Å². The molecule has 1 N–H and O–H groups in total. The number of urea groups is 1. The molecule has 1 atom stereocenters. The minimum absolute atomic E-state index is 0.108. The zero-order valence-electron chi connectivity index (χ0n) is 14.3. The smallest absolute Gasteiger partial charge is 0.317 e. The van der Waals surface area contributed by atoms with Crippen LogP contribution in [0.3, 0.4) is 0 Å². The van der Waals surface area contributed by atoms with Crippen molar-refractivity contribution in [2.24, 2.45) is 0 Å². The molecule has 1 unspecified atom stereocenters. The van der Waals surface area contributed by atoms with Crippen LogP contribution in [0.1, 0.15) is 56.7 Å². The Morgan fingerprint density at radius 3 is 2.57 bits per heavy atom. The van der Waals surface area contributed by atoms with Crippen molar-refractivity contribution in [1.82, 2.24) is 20.1 Å². The van der Waals surface area contributed by atoms with Crippen molar-refractivity contribution < 1.29 is 9.21 Å². The molecule has 1 aromatic heterocycles. The van der Waals surface area contributed by atoms with Crippen LogP contribution in [-0.4, -0.2) is 53.0 Å². The minimum Gasteiger partial charge on any atom is -0.444 e. The Hall–Kier alpha value is -1.56. The molecule has 0 spiro atoms. The monoisotopic (exact) mass is 320 g/mol. The van der Waals surface area contributed by atoms with Crippen LogP contribution in [0.25, 0.3) is 0 Å². The fraction of sp³-hybridized carbons (Fsp3) is 0.765. The van der Waals surface area contributed by atoms with E-state index in [2.05, 4.69) is 22.1 Å². The molecule has 1 saturated heterocycles. The second-order valence-electron chi connectivity index (χ2n) is 6.79. The molecule has 0 radical (unpaired) electrons. The normalized spacial score (nSPS) is 22.1. The minimum atomic E-state index is 0.108. The van der Waals surface area contributed by atoms with Gasteiger partial charge in [0.15, 0.2) is 0 Å². The maximum Gasteiger partial charge on any atom is 0.317 e. The summed E-state index contributed by atoms with van der Waals surface area (Å²) in [6.45, 7) is 7.28. The van der Waals surface area contributed by atoms with Gasteiger partial charge >= 0.3 is 6.03 Å². The highest BCUT2D eigenvalue weighted by Crippen LogP contribution is 2.22. The summed E-state index contributed by atoms with van der Waals surface area (Å²) in [6.07, 6.45) is 7.82. The number of nitrogens with zero attached hydrogens (tertiary/aromatic N) is 3. The van der Waals surface area contributed by atoms with Crippen LogP contribution >= 0.6 is 0 Å². The Kier molecular flexibility index (Phi) is 5.20. The molecule has 1 aliphatic carbocycles. The quantitative estimate of drug-likeness (QED) is 0.930. The van der Waals surface area contributed by atoms with Crippen LogP contribution in [0.2, 0.25) is 0 Å². The number of amides is 2. The predicted molar refractivity (Wildman–Crippen MR) is 88.2 cm³/mol. The number of aromatic nitrogens is 1. The fourth-order valence-electron chi connectivity index (χ4n) is 3.55. The van der Waals surface area contributed by atoms with E-state index in [9.17, 15) is 4.79 Å². The van der Waals surface area contributed by atoms with E-state index < -0.39 is 0 Å². The fourth-order valence-corrected chi connectivity index (χ4v) is 3.55. The Morgan fingerprint density at radius 2 is 1.96 bits per heavy atom. The van der Waals surface area contributed by atoms with Crippen molar-refractivity contribution >= 4 is 6.03 Å². The van der Waals surface area contributed by atoms with Crippen molar-refractivity contribution in [3.63, 3.8) is 0 Å². The highest BCUT2D eigenvalue weighted by atomic mass is 16.4. The molecule has 2 heterocycles. The zero-order valence-corrected chi connectivity index (χ0v) is 14.3. The number of nitrogens with one attached hydrogen (secondary N) is 1. The van der Waals surface area contributed by atoms with Crippen molar-refractivity contribution in [2.45, 2.75) is 58.0 Å². The first kappa shape index (κ1) is 16.3. The summed E-state index contributed by atoms with van der Waals surface area (Å²) in [7, 11) is 0. The summed E-state index contributed by atoms with van der Waals surface area (Å²) in [5.41, 5.74) is 0. The molecule has 2 aliphatic rings. The van der Waals surface area contributed by atoms with E-state index in [1.807, 2.05) is 11.8 Å². The Morgan fingerprint density at radius 1 is 1.26 bits per heavy atom. The van der Waals surface area contributed by atoms with E-state index in [0.29, 0.717) is 6.04 Å². The van der Waals surface area contributed by atoms with Gasteiger partial charge in [-0.15, -0.1) is 0 Å². The van der Waals surface area contributed by atoms with Crippen LogP contribution in [0.5, 0.6) is 0 Å². The number of rotatable bonds is 3. The van der Waals surface area contributed by atoms with Crippen LogP contribution in [0.15, 0.2) is 10.6 Å². The van der Waals surface area contributed by atoms with Crippen molar-refractivity contribution in [2.75, 3.05) is 26.2 Å². The summed E-state index contributed by atoms with van der Waals surface area (Å²) in [6, 6.07) is 0.645. The molecule has 1 aromatic rings. The van der Waals surface area contributed by atoms with Gasteiger partial charge in [-0.3, -0.25) is 4.90 Å². The van der Waals surface area contributed by atoms with E-state index in [1.165, 1.54) is 19.3 Å². The molecule has 2 amide bonds. The lowest BCUT2D eigenvalue weighted by Gasteiger charge is -2.37. The lowest BCUT2D eigenvalue weighted by atomic mass is 9.96. The molecule has 23 heavy (non-hydrogen) atoms. The van der Waals surface area contributed by atoms with Gasteiger partial charge in [-0.1, -0.05) is 19.3 Å². The lowest BCUT2D eigenvalue weighted by Crippen LogP contribution is -2.54. The number of carbonyl (C=O) groups excluding carboxylic acids is 1. The maximum atomic E-state index is 12.4. The van der Waals surface area contributed by atoms with Gasteiger partial charge in [-0.2, -0.15) is 0 Å². The first-order valence-corrected chi connectivity index (χ1v) is 8.85. The molecular formula is C17H28N4O2. The van der Waals surface area contributed by atoms with Crippen LogP contribution in [0.4, 0.5) is 4.79 Å². The van der Waals surface area contributed by atoms with Gasteiger partial charge in [0.1, 0.15) is 5.76 Å². The largest absolute Gasteiger partial charge is 0.444 e. The first-order chi connectivity index (χ1) is 11.1. The second-order valence-corrected chi connectivity index (χ2v) is 6.79. The molecule has 1 saturated carbocycles. The molecule has 0 bridgehead atoms. The van der Waals surface area contributed by atoms with Crippen molar-refractivity contribution in [3.8, 4) is 0 Å². The molecule has 6 heteroatoms. The predicted octanol–water partition coefficient (Wildman–Crippen LogP) is 2.70. The number of aryl methyl sites for hydroxylation is 1.